The average Bonchev–Trinajstić information content (AvgIpc) is 2.92. The van der Waals surface area contributed by atoms with E-state index in [0.29, 0.717) is 12.4 Å². The summed E-state index contributed by atoms with van der Waals surface area (Å²) in [7, 11) is 0. The maximum Gasteiger partial charge on any atom is 0.413 e. The Morgan fingerprint density at radius 3 is 2.70 bits per heavy atom. The summed E-state index contributed by atoms with van der Waals surface area (Å²) in [6, 6.07) is 5.55. The highest BCUT2D eigenvalue weighted by Gasteiger charge is 2.16. The normalized spacial score (nSPS) is 11.1. The highest BCUT2D eigenvalue weighted by atomic mass is 16.6. The van der Waals surface area contributed by atoms with Crippen molar-refractivity contribution in [3.05, 3.63) is 36.3 Å². The molecular weight excluding hydrogens is 294 g/mol. The van der Waals surface area contributed by atoms with Crippen molar-refractivity contribution >= 4 is 17.6 Å². The topological polar surface area (TPSA) is 81.1 Å². The average molecular weight is 317 g/mol. The molecule has 7 heteroatoms. The van der Waals surface area contributed by atoms with Gasteiger partial charge in [-0.2, -0.15) is 5.10 Å². The molecule has 2 N–H and O–H groups in total. The summed E-state index contributed by atoms with van der Waals surface area (Å²) in [5.41, 5.74) is 1.43. The number of pyridine rings is 1. The van der Waals surface area contributed by atoms with Crippen molar-refractivity contribution in [3.8, 4) is 0 Å². The van der Waals surface area contributed by atoms with E-state index in [0.717, 1.165) is 17.9 Å². The van der Waals surface area contributed by atoms with Crippen LogP contribution in [0.4, 0.5) is 16.3 Å². The molecule has 2 aromatic heterocycles. The molecule has 7 nitrogen and oxygen atoms in total. The Balaban J connectivity index is 1.88. The van der Waals surface area contributed by atoms with Crippen LogP contribution in [0.2, 0.25) is 0 Å². The van der Waals surface area contributed by atoms with Crippen molar-refractivity contribution < 1.29 is 9.53 Å². The Kier molecular flexibility index (Phi) is 5.20. The van der Waals surface area contributed by atoms with Crippen LogP contribution in [0.5, 0.6) is 0 Å². The van der Waals surface area contributed by atoms with Crippen molar-refractivity contribution in [2.45, 2.75) is 46.4 Å². The fourth-order valence-corrected chi connectivity index (χ4v) is 1.97. The van der Waals surface area contributed by atoms with E-state index in [-0.39, 0.29) is 0 Å². The van der Waals surface area contributed by atoms with Crippen LogP contribution in [0, 0.1) is 0 Å². The first-order valence-electron chi connectivity index (χ1n) is 7.58. The van der Waals surface area contributed by atoms with Gasteiger partial charge in [-0.15, -0.1) is 0 Å². The molecule has 2 rings (SSSR count). The first-order valence-corrected chi connectivity index (χ1v) is 7.58. The second-order valence-electron chi connectivity index (χ2n) is 6.05. The molecule has 0 bridgehead atoms. The van der Waals surface area contributed by atoms with Crippen LogP contribution >= 0.6 is 0 Å². The van der Waals surface area contributed by atoms with Crippen LogP contribution in [0.3, 0.4) is 0 Å². The van der Waals surface area contributed by atoms with Gasteiger partial charge in [-0.05, 0) is 45.9 Å². The summed E-state index contributed by atoms with van der Waals surface area (Å²) >= 11 is 0. The molecule has 1 amide bonds. The molecular formula is C16H23N5O2. The predicted octanol–water partition coefficient (Wildman–Crippen LogP) is 3.26. The van der Waals surface area contributed by atoms with Crippen molar-refractivity contribution in [1.29, 1.82) is 0 Å². The van der Waals surface area contributed by atoms with E-state index in [1.165, 1.54) is 0 Å². The first kappa shape index (κ1) is 16.8. The molecule has 2 aromatic rings. The third kappa shape index (κ3) is 5.28. The maximum absolute atomic E-state index is 11.7. The number of hydrogen-bond donors (Lipinski definition) is 2. The number of hydrogen-bond acceptors (Lipinski definition) is 5. The molecule has 0 radical (unpaired) electrons. The molecule has 0 saturated heterocycles. The third-order valence-electron chi connectivity index (χ3n) is 2.97. The smallest absolute Gasteiger partial charge is 0.413 e. The second kappa shape index (κ2) is 7.13. The zero-order valence-electron chi connectivity index (χ0n) is 14.0. The van der Waals surface area contributed by atoms with Crippen molar-refractivity contribution in [2.75, 3.05) is 10.6 Å². The van der Waals surface area contributed by atoms with Crippen LogP contribution in [-0.2, 0) is 17.8 Å². The highest BCUT2D eigenvalue weighted by molar-refractivity contribution is 5.83. The van der Waals surface area contributed by atoms with Crippen molar-refractivity contribution in [1.82, 2.24) is 14.8 Å². The zero-order chi connectivity index (χ0) is 16.9. The van der Waals surface area contributed by atoms with E-state index in [4.69, 9.17) is 4.74 Å². The number of nitrogens with one attached hydrogen (secondary N) is 2. The number of carbonyl (C=O) groups is 1. The monoisotopic (exact) mass is 317 g/mol. The Hall–Kier alpha value is -2.57. The fourth-order valence-electron chi connectivity index (χ4n) is 1.97. The van der Waals surface area contributed by atoms with Gasteiger partial charge in [-0.3, -0.25) is 10.00 Å². The number of anilines is 2. The lowest BCUT2D eigenvalue weighted by Gasteiger charge is -2.19. The Bertz CT molecular complexity index is 643. The van der Waals surface area contributed by atoms with Crippen molar-refractivity contribution in [2.24, 2.45) is 0 Å². The highest BCUT2D eigenvalue weighted by Crippen LogP contribution is 2.13. The lowest BCUT2D eigenvalue weighted by molar-refractivity contribution is 0.0635. The number of aryl methyl sites for hydroxylation is 1. The third-order valence-corrected chi connectivity index (χ3v) is 2.97. The predicted molar refractivity (Wildman–Crippen MR) is 89.3 cm³/mol. The molecule has 0 atom stereocenters. The number of rotatable bonds is 5. The lowest BCUT2D eigenvalue weighted by atomic mass is 10.2. The van der Waals surface area contributed by atoms with Gasteiger partial charge in [0.15, 0.2) is 0 Å². The number of amides is 1. The maximum atomic E-state index is 11.7. The SMILES string of the molecule is CCn1nccc1CNc1ccc(NC(=O)OC(C)(C)C)nc1. The molecule has 2 heterocycles. The summed E-state index contributed by atoms with van der Waals surface area (Å²) in [6.07, 6.45) is 2.93. The lowest BCUT2D eigenvalue weighted by Crippen LogP contribution is -2.27. The summed E-state index contributed by atoms with van der Waals surface area (Å²) < 4.78 is 7.11. The van der Waals surface area contributed by atoms with Crippen molar-refractivity contribution in [3.63, 3.8) is 0 Å². The molecule has 0 aromatic carbocycles. The van der Waals surface area contributed by atoms with Gasteiger partial charge >= 0.3 is 6.09 Å². The van der Waals surface area contributed by atoms with Crippen LogP contribution in [0.15, 0.2) is 30.6 Å². The van der Waals surface area contributed by atoms with E-state index in [1.807, 2.05) is 37.6 Å². The Morgan fingerprint density at radius 1 is 1.30 bits per heavy atom. The minimum atomic E-state index is -0.534. The molecule has 0 aliphatic heterocycles. The van der Waals surface area contributed by atoms with Gasteiger partial charge in [0.2, 0.25) is 0 Å². The largest absolute Gasteiger partial charge is 0.444 e. The fraction of sp³-hybridized carbons (Fsp3) is 0.438. The van der Waals surface area contributed by atoms with E-state index >= 15 is 0 Å². The van der Waals surface area contributed by atoms with Gasteiger partial charge in [0.25, 0.3) is 0 Å². The number of ether oxygens (including phenoxy) is 1. The standard InChI is InChI=1S/C16H23N5O2/c1-5-21-13(8-9-19-21)11-17-12-6-7-14(18-10-12)20-15(22)23-16(2,3)4/h6-10,17H,5,11H2,1-4H3,(H,18,20,22). The van der Waals surface area contributed by atoms with Gasteiger partial charge in [0.05, 0.1) is 24.1 Å². The number of aromatic nitrogens is 3. The number of carbonyl (C=O) groups excluding carboxylic acids is 1. The molecule has 0 aliphatic carbocycles. The van der Waals surface area contributed by atoms with Gasteiger partial charge < -0.3 is 10.1 Å². The van der Waals surface area contributed by atoms with E-state index in [1.54, 1.807) is 18.5 Å². The summed E-state index contributed by atoms with van der Waals surface area (Å²) in [5, 5.41) is 10.1. The van der Waals surface area contributed by atoms with E-state index in [2.05, 4.69) is 27.6 Å². The van der Waals surface area contributed by atoms with Gasteiger partial charge in [-0.25, -0.2) is 9.78 Å². The molecule has 0 unspecified atom stereocenters. The first-order chi connectivity index (χ1) is 10.9. The quantitative estimate of drug-likeness (QED) is 0.884. The van der Waals surface area contributed by atoms with Crippen LogP contribution < -0.4 is 10.6 Å². The van der Waals surface area contributed by atoms with Crippen LogP contribution in [0.1, 0.15) is 33.4 Å². The molecule has 0 fully saturated rings. The van der Waals surface area contributed by atoms with Gasteiger partial charge in [0, 0.05) is 12.7 Å². The van der Waals surface area contributed by atoms with Gasteiger partial charge in [-0.1, -0.05) is 0 Å². The molecule has 124 valence electrons. The van der Waals surface area contributed by atoms with Gasteiger partial charge in [0.1, 0.15) is 11.4 Å². The van der Waals surface area contributed by atoms with E-state index in [9.17, 15) is 4.79 Å². The Morgan fingerprint density at radius 2 is 2.09 bits per heavy atom. The Labute approximate surface area is 136 Å². The van der Waals surface area contributed by atoms with Crippen LogP contribution in [0.25, 0.3) is 0 Å². The molecule has 0 saturated carbocycles. The van der Waals surface area contributed by atoms with E-state index < -0.39 is 11.7 Å². The molecule has 23 heavy (non-hydrogen) atoms. The summed E-state index contributed by atoms with van der Waals surface area (Å²) in [5.74, 6) is 0.448. The van der Waals surface area contributed by atoms with Crippen LogP contribution in [-0.4, -0.2) is 26.5 Å². The number of nitrogens with zero attached hydrogens (tertiary/aromatic N) is 3. The minimum absolute atomic E-state index is 0.448. The zero-order valence-corrected chi connectivity index (χ0v) is 14.0. The molecule has 0 aliphatic rings. The minimum Gasteiger partial charge on any atom is -0.444 e. The molecule has 0 spiro atoms. The second-order valence-corrected chi connectivity index (χ2v) is 6.05. The summed E-state index contributed by atoms with van der Waals surface area (Å²) in [6.45, 7) is 8.99. The summed E-state index contributed by atoms with van der Waals surface area (Å²) in [4.78, 5) is 15.9.